The molecular formula is C25H26N4O4S. The highest BCUT2D eigenvalue weighted by molar-refractivity contribution is 7.21. The Morgan fingerprint density at radius 3 is 2.71 bits per heavy atom. The summed E-state index contributed by atoms with van der Waals surface area (Å²) in [5.41, 5.74) is 9.53. The van der Waals surface area contributed by atoms with Crippen molar-refractivity contribution >= 4 is 33.0 Å². The van der Waals surface area contributed by atoms with Crippen LogP contribution in [0.15, 0.2) is 34.9 Å². The van der Waals surface area contributed by atoms with Gasteiger partial charge in [0.15, 0.2) is 5.95 Å². The van der Waals surface area contributed by atoms with Gasteiger partial charge in [0.1, 0.15) is 15.5 Å². The number of nitrogen functional groups attached to an aromatic ring is 1. The molecule has 0 saturated carbocycles. The van der Waals surface area contributed by atoms with Gasteiger partial charge < -0.3 is 20.1 Å². The minimum Gasteiger partial charge on any atom is -0.539 e. The Morgan fingerprint density at radius 1 is 1.29 bits per heavy atom. The van der Waals surface area contributed by atoms with Crippen LogP contribution in [0.5, 0.6) is 11.7 Å². The number of rotatable bonds is 4. The van der Waals surface area contributed by atoms with Crippen molar-refractivity contribution in [1.82, 2.24) is 10.3 Å². The molecule has 0 radical (unpaired) electrons. The van der Waals surface area contributed by atoms with E-state index in [1.165, 1.54) is 21.6 Å². The quantitative estimate of drug-likeness (QED) is 0.352. The van der Waals surface area contributed by atoms with Crippen molar-refractivity contribution in [2.24, 2.45) is 11.3 Å². The number of pyridine rings is 1. The number of fused-ring (bicyclic) bond motifs is 2. The van der Waals surface area contributed by atoms with Gasteiger partial charge in [0.25, 0.3) is 5.78 Å². The maximum absolute atomic E-state index is 13.5. The highest BCUT2D eigenvalue weighted by Crippen LogP contribution is 2.41. The molecule has 0 saturated heterocycles. The van der Waals surface area contributed by atoms with Crippen molar-refractivity contribution in [1.29, 1.82) is 0 Å². The minimum atomic E-state index is -0.821. The summed E-state index contributed by atoms with van der Waals surface area (Å²) in [4.78, 5) is 19.3. The van der Waals surface area contributed by atoms with Gasteiger partial charge in [-0.25, -0.2) is 4.98 Å². The first-order chi connectivity index (χ1) is 16.2. The number of carbonyl (C=O) groups excluding carboxylic acids is 1. The SMILES string of the molecule is COc1ccc(-[n+]2noc([O-])c2C(=O)c2sc3nc4c(cc3c2N)CC(C(C)(C)C)CC4)cc1. The first-order valence-corrected chi connectivity index (χ1v) is 12.0. The minimum absolute atomic E-state index is 0.207. The second-order valence-electron chi connectivity index (χ2n) is 9.75. The van der Waals surface area contributed by atoms with Gasteiger partial charge in [-0.2, -0.15) is 0 Å². The number of thiophene rings is 1. The van der Waals surface area contributed by atoms with Gasteiger partial charge in [-0.1, -0.05) is 20.8 Å². The third-order valence-electron chi connectivity index (χ3n) is 6.66. The van der Waals surface area contributed by atoms with E-state index < -0.39 is 11.7 Å². The van der Waals surface area contributed by atoms with E-state index in [9.17, 15) is 9.90 Å². The number of aromatic nitrogens is 3. The van der Waals surface area contributed by atoms with Crippen molar-refractivity contribution < 1.29 is 23.8 Å². The maximum atomic E-state index is 13.5. The average Bonchev–Trinajstić information content (AvgIpc) is 3.36. The van der Waals surface area contributed by atoms with Crippen LogP contribution in [0.4, 0.5) is 5.69 Å². The highest BCUT2D eigenvalue weighted by Gasteiger charge is 2.34. The van der Waals surface area contributed by atoms with Gasteiger partial charge >= 0.3 is 5.69 Å². The molecule has 0 aliphatic heterocycles. The predicted molar refractivity (Wildman–Crippen MR) is 126 cm³/mol. The van der Waals surface area contributed by atoms with Crippen molar-refractivity contribution in [2.75, 3.05) is 12.8 Å². The Hall–Kier alpha value is -3.46. The molecule has 9 heteroatoms. The van der Waals surface area contributed by atoms with E-state index in [-0.39, 0.29) is 16.0 Å². The monoisotopic (exact) mass is 478 g/mol. The molecule has 0 bridgehead atoms. The lowest BCUT2D eigenvalue weighted by atomic mass is 9.71. The summed E-state index contributed by atoms with van der Waals surface area (Å²) in [6.45, 7) is 6.80. The number of nitrogens with two attached hydrogens (primary N) is 1. The summed E-state index contributed by atoms with van der Waals surface area (Å²) in [6.07, 6.45) is 2.93. The molecule has 2 N–H and O–H groups in total. The molecule has 8 nitrogen and oxygen atoms in total. The number of benzene rings is 1. The maximum Gasteiger partial charge on any atom is 0.312 e. The molecule has 5 rings (SSSR count). The summed E-state index contributed by atoms with van der Waals surface area (Å²) in [5.74, 6) is -0.157. The number of methoxy groups -OCH3 is 1. The van der Waals surface area contributed by atoms with Gasteiger partial charge in [0.2, 0.25) is 5.69 Å². The zero-order valence-electron chi connectivity index (χ0n) is 19.5. The second kappa shape index (κ2) is 8.09. The van der Waals surface area contributed by atoms with Crippen LogP contribution in [-0.4, -0.2) is 23.1 Å². The van der Waals surface area contributed by atoms with Gasteiger partial charge in [-0.3, -0.25) is 4.79 Å². The number of ketones is 1. The van der Waals surface area contributed by atoms with Gasteiger partial charge in [-0.05, 0) is 59.0 Å². The van der Waals surface area contributed by atoms with Crippen LogP contribution in [0.3, 0.4) is 0 Å². The number of ether oxygens (including phenoxy) is 1. The highest BCUT2D eigenvalue weighted by atomic mass is 32.1. The van der Waals surface area contributed by atoms with Crippen LogP contribution in [0.25, 0.3) is 15.9 Å². The summed E-state index contributed by atoms with van der Waals surface area (Å²) in [7, 11) is 1.56. The lowest BCUT2D eigenvalue weighted by Gasteiger charge is -2.34. The third kappa shape index (κ3) is 3.69. The van der Waals surface area contributed by atoms with E-state index >= 15 is 0 Å². The smallest absolute Gasteiger partial charge is 0.312 e. The normalized spacial score (nSPS) is 15.9. The van der Waals surface area contributed by atoms with Gasteiger partial charge in [-0.15, -0.1) is 11.3 Å². The standard InChI is InChI=1S/C25H26N4O4S/c1-25(2,3)14-5-10-18-13(11-14)12-17-19(26)22(34-23(17)27-18)21(30)20-24(31)33-28-29(20)15-6-8-16(32-4)9-7-15/h6-9,12,14H,5,10-11H2,1-4H3,(H2-,26,28,30,31). The molecule has 34 heavy (non-hydrogen) atoms. The summed E-state index contributed by atoms with van der Waals surface area (Å²) < 4.78 is 11.2. The van der Waals surface area contributed by atoms with Crippen molar-refractivity contribution in [2.45, 2.75) is 40.0 Å². The second-order valence-corrected chi connectivity index (χ2v) is 10.7. The summed E-state index contributed by atoms with van der Waals surface area (Å²) in [6, 6.07) is 8.87. The van der Waals surface area contributed by atoms with E-state index in [1.54, 1.807) is 31.4 Å². The molecule has 0 amide bonds. The lowest BCUT2D eigenvalue weighted by molar-refractivity contribution is -0.672. The van der Waals surface area contributed by atoms with E-state index in [4.69, 9.17) is 20.0 Å². The molecule has 0 fully saturated rings. The summed E-state index contributed by atoms with van der Waals surface area (Å²) in [5, 5.41) is 17.0. The van der Waals surface area contributed by atoms with Crippen LogP contribution in [0.2, 0.25) is 0 Å². The molecule has 1 unspecified atom stereocenters. The fourth-order valence-corrected chi connectivity index (χ4v) is 5.58. The Bertz CT molecular complexity index is 1400. The van der Waals surface area contributed by atoms with Crippen LogP contribution in [0.1, 0.15) is 53.8 Å². The Labute approximate surface area is 201 Å². The fourth-order valence-electron chi connectivity index (χ4n) is 4.54. The zero-order chi connectivity index (χ0) is 24.2. The molecular weight excluding hydrogens is 452 g/mol. The first kappa shape index (κ1) is 22.3. The molecule has 1 aliphatic carbocycles. The molecule has 1 aliphatic rings. The van der Waals surface area contributed by atoms with Gasteiger partial charge in [0, 0.05) is 23.2 Å². The van der Waals surface area contributed by atoms with Crippen LogP contribution >= 0.6 is 11.3 Å². The number of anilines is 1. The average molecular weight is 479 g/mol. The molecule has 1 aromatic carbocycles. The Morgan fingerprint density at radius 2 is 2.03 bits per heavy atom. The Balaban J connectivity index is 1.55. The third-order valence-corrected chi connectivity index (χ3v) is 7.77. The molecule has 0 spiro atoms. The number of nitrogens with zero attached hydrogens (tertiary/aromatic N) is 3. The van der Waals surface area contributed by atoms with Crippen molar-refractivity contribution in [3.63, 3.8) is 0 Å². The van der Waals surface area contributed by atoms with E-state index in [2.05, 4.69) is 32.1 Å². The van der Waals surface area contributed by atoms with E-state index in [0.717, 1.165) is 30.3 Å². The van der Waals surface area contributed by atoms with E-state index in [1.807, 2.05) is 0 Å². The molecule has 176 valence electrons. The van der Waals surface area contributed by atoms with E-state index in [0.29, 0.717) is 27.9 Å². The molecule has 4 aromatic rings. The Kier molecular flexibility index (Phi) is 5.31. The number of aryl methyl sites for hydroxylation is 1. The number of hydrogen-bond acceptors (Lipinski definition) is 8. The largest absolute Gasteiger partial charge is 0.539 e. The lowest BCUT2D eigenvalue weighted by Crippen LogP contribution is -2.39. The summed E-state index contributed by atoms with van der Waals surface area (Å²) >= 11 is 1.20. The fraction of sp³-hybridized carbons (Fsp3) is 0.360. The van der Waals surface area contributed by atoms with Crippen molar-refractivity contribution in [3.05, 3.63) is 52.2 Å². The topological polar surface area (TPSA) is 118 Å². The number of hydrogen-bond donors (Lipinski definition) is 1. The number of carbonyl (C=O) groups is 1. The van der Waals surface area contributed by atoms with Crippen molar-refractivity contribution in [3.8, 4) is 17.4 Å². The van der Waals surface area contributed by atoms with Gasteiger partial charge in [0.05, 0.1) is 18.1 Å². The molecule has 1 atom stereocenters. The van der Waals surface area contributed by atoms with Crippen LogP contribution in [-0.2, 0) is 12.8 Å². The predicted octanol–water partition coefficient (Wildman–Crippen LogP) is 3.61. The van der Waals surface area contributed by atoms with Crippen LogP contribution in [0, 0.1) is 11.3 Å². The molecule has 3 aromatic heterocycles. The first-order valence-electron chi connectivity index (χ1n) is 11.2. The zero-order valence-corrected chi connectivity index (χ0v) is 20.4. The molecule has 3 heterocycles. The van der Waals surface area contributed by atoms with Crippen LogP contribution < -0.4 is 20.3 Å².